The molecular formula is C25H25FN4O7. The first kappa shape index (κ1) is 24.6. The summed E-state index contributed by atoms with van der Waals surface area (Å²) < 4.78 is 36.5. The minimum absolute atomic E-state index is 0.0267. The Morgan fingerprint density at radius 3 is 2.70 bits per heavy atom. The average Bonchev–Trinajstić information content (AvgIpc) is 2.92. The number of aromatic nitrogens is 3. The summed E-state index contributed by atoms with van der Waals surface area (Å²) in [7, 11) is 1.45. The molecule has 1 N–H and O–H groups in total. The zero-order valence-corrected chi connectivity index (χ0v) is 20.1. The van der Waals surface area contributed by atoms with E-state index >= 15 is 0 Å². The highest BCUT2D eigenvalue weighted by Gasteiger charge is 2.33. The fraction of sp³-hybridized carbons (Fsp3) is 0.400. The lowest BCUT2D eigenvalue weighted by Gasteiger charge is -2.35. The maximum atomic E-state index is 14.6. The number of carboxylic acid groups (broad SMARTS) is 1. The van der Waals surface area contributed by atoms with Crippen LogP contribution in [0.2, 0.25) is 0 Å². The number of hydrogen-bond acceptors (Lipinski definition) is 9. The maximum absolute atomic E-state index is 14.6. The summed E-state index contributed by atoms with van der Waals surface area (Å²) in [6.07, 6.45) is 1.13. The van der Waals surface area contributed by atoms with Crippen molar-refractivity contribution in [1.82, 2.24) is 19.9 Å². The van der Waals surface area contributed by atoms with E-state index in [0.717, 1.165) is 6.20 Å². The van der Waals surface area contributed by atoms with Crippen LogP contribution in [0.25, 0.3) is 11.0 Å². The molecule has 0 saturated carbocycles. The van der Waals surface area contributed by atoms with Crippen LogP contribution in [0, 0.1) is 5.82 Å². The van der Waals surface area contributed by atoms with E-state index in [4.69, 9.17) is 18.9 Å². The lowest BCUT2D eigenvalue weighted by molar-refractivity contribution is -0.135. The molecule has 1 fully saturated rings. The molecule has 0 aromatic carbocycles. The van der Waals surface area contributed by atoms with Gasteiger partial charge in [-0.25, -0.2) is 14.2 Å². The number of rotatable bonds is 7. The van der Waals surface area contributed by atoms with E-state index < -0.39 is 24.1 Å². The number of amides is 1. The molecule has 37 heavy (non-hydrogen) atoms. The molecular weight excluding hydrogens is 487 g/mol. The predicted molar refractivity (Wildman–Crippen MR) is 126 cm³/mol. The first-order valence-corrected chi connectivity index (χ1v) is 11.8. The van der Waals surface area contributed by atoms with Gasteiger partial charge in [0.15, 0.2) is 17.3 Å². The molecule has 0 radical (unpaired) electrons. The molecule has 2 atom stereocenters. The first-order chi connectivity index (χ1) is 17.9. The van der Waals surface area contributed by atoms with Crippen LogP contribution >= 0.6 is 0 Å². The van der Waals surface area contributed by atoms with Gasteiger partial charge in [0.05, 0.1) is 55.4 Å². The van der Waals surface area contributed by atoms with Crippen molar-refractivity contribution in [2.45, 2.75) is 38.0 Å². The molecule has 11 nitrogen and oxygen atoms in total. The minimum atomic E-state index is -1.12. The van der Waals surface area contributed by atoms with Crippen LogP contribution in [-0.2, 0) is 22.5 Å². The Balaban J connectivity index is 1.24. The number of carbonyl (C=O) groups is 2. The smallest absolute Gasteiger partial charge is 0.407 e. The number of hydrogen-bond donors (Lipinski definition) is 1. The molecule has 3 aromatic rings. The number of pyridine rings is 3. The molecule has 0 unspecified atom stereocenters. The highest BCUT2D eigenvalue weighted by Crippen LogP contribution is 2.30. The minimum Gasteiger partial charge on any atom is -0.486 e. The van der Waals surface area contributed by atoms with Gasteiger partial charge in [-0.1, -0.05) is 0 Å². The summed E-state index contributed by atoms with van der Waals surface area (Å²) in [6.45, 7) is 0.899. The Hall–Kier alpha value is -4.06. The molecule has 3 aromatic heterocycles. The molecule has 5 heterocycles. The van der Waals surface area contributed by atoms with E-state index in [2.05, 4.69) is 15.0 Å². The first-order valence-electron chi connectivity index (χ1n) is 11.8. The summed E-state index contributed by atoms with van der Waals surface area (Å²) >= 11 is 0. The Kier molecular flexibility index (Phi) is 6.99. The molecule has 1 saturated heterocycles. The molecule has 194 valence electrons. The van der Waals surface area contributed by atoms with E-state index in [-0.39, 0.29) is 42.3 Å². The Morgan fingerprint density at radius 2 is 1.97 bits per heavy atom. The predicted octanol–water partition coefficient (Wildman–Crippen LogP) is 2.78. The summed E-state index contributed by atoms with van der Waals surface area (Å²) in [4.78, 5) is 38.8. The fourth-order valence-electron chi connectivity index (χ4n) is 4.49. The number of ether oxygens (including phenoxy) is 4. The van der Waals surface area contributed by atoms with E-state index in [1.807, 2.05) is 0 Å². The van der Waals surface area contributed by atoms with Crippen molar-refractivity contribution in [3.05, 3.63) is 47.7 Å². The highest BCUT2D eigenvalue weighted by molar-refractivity contribution is 5.90. The van der Waals surface area contributed by atoms with Gasteiger partial charge >= 0.3 is 6.09 Å². The van der Waals surface area contributed by atoms with Crippen LogP contribution in [0.5, 0.6) is 17.4 Å². The van der Waals surface area contributed by atoms with Crippen molar-refractivity contribution in [3.8, 4) is 17.4 Å². The van der Waals surface area contributed by atoms with Crippen LogP contribution in [0.4, 0.5) is 9.18 Å². The summed E-state index contributed by atoms with van der Waals surface area (Å²) in [6, 6.07) is 4.45. The summed E-state index contributed by atoms with van der Waals surface area (Å²) in [5.74, 6) is 0.372. The van der Waals surface area contributed by atoms with Crippen LogP contribution in [0.1, 0.15) is 24.1 Å². The number of ketones is 1. The third-order valence-electron chi connectivity index (χ3n) is 6.42. The number of nitrogens with zero attached hydrogens (tertiary/aromatic N) is 4. The quantitative estimate of drug-likeness (QED) is 0.504. The van der Waals surface area contributed by atoms with Crippen LogP contribution in [-0.4, -0.2) is 75.9 Å². The molecule has 2 aliphatic heterocycles. The van der Waals surface area contributed by atoms with Gasteiger partial charge in [0, 0.05) is 24.1 Å². The number of halogens is 1. The largest absolute Gasteiger partial charge is 0.486 e. The van der Waals surface area contributed by atoms with Gasteiger partial charge < -0.3 is 24.1 Å². The van der Waals surface area contributed by atoms with Crippen LogP contribution in [0.15, 0.2) is 30.6 Å². The summed E-state index contributed by atoms with van der Waals surface area (Å²) in [5, 5.41) is 9.82. The molecule has 1 amide bonds. The van der Waals surface area contributed by atoms with E-state index in [0.29, 0.717) is 48.8 Å². The van der Waals surface area contributed by atoms with Crippen molar-refractivity contribution < 1.29 is 38.0 Å². The second kappa shape index (κ2) is 10.5. The normalized spacial score (nSPS) is 18.9. The zero-order valence-electron chi connectivity index (χ0n) is 20.1. The maximum Gasteiger partial charge on any atom is 0.407 e. The molecule has 2 aliphatic rings. The second-order valence-corrected chi connectivity index (χ2v) is 8.73. The molecule has 0 bridgehead atoms. The average molecular weight is 512 g/mol. The van der Waals surface area contributed by atoms with Gasteiger partial charge in [-0.2, -0.15) is 0 Å². The number of Topliss-reactive ketones (excluding diaryl/α,β-unsaturated/α-hetero) is 1. The number of carbonyl (C=O) groups excluding carboxylic acids is 1. The third-order valence-corrected chi connectivity index (χ3v) is 6.42. The van der Waals surface area contributed by atoms with Crippen molar-refractivity contribution >= 4 is 22.9 Å². The lowest BCUT2D eigenvalue weighted by atomic mass is 9.96. The topological polar surface area (TPSA) is 133 Å². The monoisotopic (exact) mass is 512 g/mol. The van der Waals surface area contributed by atoms with E-state index in [9.17, 15) is 19.1 Å². The molecule has 0 spiro atoms. The van der Waals surface area contributed by atoms with Crippen molar-refractivity contribution in [3.63, 3.8) is 0 Å². The lowest BCUT2D eigenvalue weighted by Crippen LogP contribution is -2.47. The number of methoxy groups -OCH3 is 1. The highest BCUT2D eigenvalue weighted by atomic mass is 19.1. The second-order valence-electron chi connectivity index (χ2n) is 8.73. The Morgan fingerprint density at radius 1 is 1.16 bits per heavy atom. The van der Waals surface area contributed by atoms with Crippen molar-refractivity contribution in [2.75, 3.05) is 26.9 Å². The molecule has 5 rings (SSSR count). The van der Waals surface area contributed by atoms with Crippen molar-refractivity contribution in [1.29, 1.82) is 0 Å². The van der Waals surface area contributed by atoms with Gasteiger partial charge in [-0.3, -0.25) is 19.7 Å². The zero-order chi connectivity index (χ0) is 25.9. The summed E-state index contributed by atoms with van der Waals surface area (Å²) in [5.41, 5.74) is 1.33. The Labute approximate surface area is 211 Å². The van der Waals surface area contributed by atoms with Crippen LogP contribution < -0.4 is 14.2 Å². The van der Waals surface area contributed by atoms with Gasteiger partial charge in [0.25, 0.3) is 0 Å². The SMILES string of the molecule is COc1ccc2ncc(F)c(CC(=O)[C@@H]3CC[C@@H](N(Cc4cc5c(cn4)OCCO5)C(=O)O)CO3)c2n1. The standard InChI is InChI=1S/C25H25FN4O7/c1-34-23-5-3-18-24(29-23)16(17(26)10-28-18)9-19(31)20-4-2-15(13-37-20)30(25(32)33)12-14-8-21-22(11-27-14)36-7-6-35-21/h3,5,8,10-11,15,20H,2,4,6-7,9,12-13H2,1H3,(H,32,33)/t15-,20+/m1/s1. The fourth-order valence-corrected chi connectivity index (χ4v) is 4.49. The molecule has 0 aliphatic carbocycles. The third kappa shape index (κ3) is 5.24. The van der Waals surface area contributed by atoms with Gasteiger partial charge in [-0.15, -0.1) is 0 Å². The van der Waals surface area contributed by atoms with Crippen molar-refractivity contribution in [2.24, 2.45) is 0 Å². The van der Waals surface area contributed by atoms with E-state index in [1.165, 1.54) is 18.2 Å². The van der Waals surface area contributed by atoms with Gasteiger partial charge in [0.2, 0.25) is 5.88 Å². The van der Waals surface area contributed by atoms with Crippen LogP contribution in [0.3, 0.4) is 0 Å². The van der Waals surface area contributed by atoms with E-state index in [1.54, 1.807) is 18.2 Å². The van der Waals surface area contributed by atoms with Gasteiger partial charge in [0.1, 0.15) is 25.1 Å². The van der Waals surface area contributed by atoms with Gasteiger partial charge in [-0.05, 0) is 18.9 Å². The number of fused-ring (bicyclic) bond motifs is 2. The molecule has 12 heteroatoms. The Bertz CT molecular complexity index is 1330.